The quantitative estimate of drug-likeness (QED) is 0.379. The third-order valence-electron chi connectivity index (χ3n) is 3.82. The van der Waals surface area contributed by atoms with Crippen LogP contribution in [-0.2, 0) is 10.1 Å². The molecule has 0 aliphatic heterocycles. The Labute approximate surface area is 174 Å². The van der Waals surface area contributed by atoms with Crippen molar-refractivity contribution in [2.75, 3.05) is 5.73 Å². The van der Waals surface area contributed by atoms with E-state index in [0.29, 0.717) is 22.5 Å². The molecule has 2 aromatic rings. The average Bonchev–Trinajstić information content (AvgIpc) is 2.58. The Morgan fingerprint density at radius 2 is 1.50 bits per heavy atom. The fourth-order valence-corrected chi connectivity index (χ4v) is 3.35. The predicted molar refractivity (Wildman–Crippen MR) is 96.5 cm³/mol. The van der Waals surface area contributed by atoms with Crippen LogP contribution in [0.2, 0.25) is 0 Å². The van der Waals surface area contributed by atoms with E-state index in [1.807, 2.05) is 0 Å². The molecule has 0 atom stereocenters. The van der Waals surface area contributed by atoms with Crippen LogP contribution in [-0.4, -0.2) is 18.7 Å². The first-order valence-corrected chi connectivity index (χ1v) is 8.91. The van der Waals surface area contributed by atoms with Crippen LogP contribution in [0.4, 0.5) is 5.69 Å². The molecule has 1 aliphatic rings. The summed E-state index contributed by atoms with van der Waals surface area (Å²) in [6.45, 7) is 0. The van der Waals surface area contributed by atoms with E-state index in [9.17, 15) is 13.0 Å². The van der Waals surface area contributed by atoms with Crippen molar-refractivity contribution in [2.45, 2.75) is 4.90 Å². The Hall–Kier alpha value is -1.96. The Morgan fingerprint density at radius 1 is 0.923 bits per heavy atom. The molecule has 3 rings (SSSR count). The van der Waals surface area contributed by atoms with Gasteiger partial charge in [0.15, 0.2) is 5.71 Å². The van der Waals surface area contributed by atoms with Gasteiger partial charge in [-0.15, -0.1) is 0 Å². The zero-order chi connectivity index (χ0) is 18.0. The second kappa shape index (κ2) is 8.16. The number of nitrogen functional groups attached to an aromatic ring is 1. The molecule has 0 saturated carbocycles. The Bertz CT molecular complexity index is 1020. The molecule has 1 aliphatic carbocycles. The average molecular weight is 375 g/mol. The summed E-state index contributed by atoms with van der Waals surface area (Å²) in [5.74, 6) is 0. The van der Waals surface area contributed by atoms with Gasteiger partial charge in [-0.1, -0.05) is 30.3 Å². The van der Waals surface area contributed by atoms with Gasteiger partial charge in [0.05, 0.1) is 4.90 Å². The van der Waals surface area contributed by atoms with E-state index in [1.54, 1.807) is 60.7 Å². The summed E-state index contributed by atoms with van der Waals surface area (Å²) in [4.78, 5) is -0.265. The zero-order valence-corrected chi connectivity index (χ0v) is 17.0. The molecule has 126 valence electrons. The minimum absolute atomic E-state index is 0. The molecule has 0 amide bonds. The Kier molecular flexibility index (Phi) is 6.39. The molecular formula is C19H16N2NaO3S+. The number of hydrogen-bond donors (Lipinski definition) is 2. The van der Waals surface area contributed by atoms with Gasteiger partial charge < -0.3 is 10.3 Å². The van der Waals surface area contributed by atoms with E-state index < -0.39 is 10.1 Å². The molecule has 0 unspecified atom stereocenters. The third-order valence-corrected chi connectivity index (χ3v) is 4.72. The Morgan fingerprint density at radius 3 is 2.08 bits per heavy atom. The molecule has 0 spiro atoms. The molecule has 26 heavy (non-hydrogen) atoms. The molecule has 7 heteroatoms. The summed E-state index contributed by atoms with van der Waals surface area (Å²) in [6.07, 6.45) is 7.02. The van der Waals surface area contributed by atoms with Gasteiger partial charge in [-0.25, -0.2) is 8.42 Å². The summed E-state index contributed by atoms with van der Waals surface area (Å²) in [5.41, 5.74) is 9.38. The number of rotatable bonds is 3. The molecule has 0 bridgehead atoms. The topological polar surface area (TPSA) is 109 Å². The van der Waals surface area contributed by atoms with Crippen molar-refractivity contribution in [1.82, 2.24) is 0 Å². The molecule has 0 fully saturated rings. The maximum atomic E-state index is 11.7. The van der Waals surface area contributed by atoms with E-state index in [2.05, 4.69) is 0 Å². The first-order valence-electron chi connectivity index (χ1n) is 7.50. The maximum absolute atomic E-state index is 11.7. The van der Waals surface area contributed by atoms with E-state index in [-0.39, 0.29) is 34.5 Å². The van der Waals surface area contributed by atoms with E-state index in [0.717, 1.165) is 11.1 Å². The van der Waals surface area contributed by atoms with E-state index >= 15 is 0 Å². The SMILES string of the molecule is Nc1ccc(C(=C2C=CC(=[NH2+])C=C2)c2ccccc2S(=O)(=O)[O-])cc1.[Na+]. The third kappa shape index (κ3) is 4.41. The van der Waals surface area contributed by atoms with Crippen molar-refractivity contribution in [3.63, 3.8) is 0 Å². The minimum Gasteiger partial charge on any atom is -0.744 e. The summed E-state index contributed by atoms with van der Waals surface area (Å²) in [6, 6.07) is 13.2. The van der Waals surface area contributed by atoms with Gasteiger partial charge in [0.2, 0.25) is 0 Å². The van der Waals surface area contributed by atoms with Crippen molar-refractivity contribution < 1.29 is 47.9 Å². The first kappa shape index (κ1) is 20.4. The summed E-state index contributed by atoms with van der Waals surface area (Å²) in [7, 11) is -4.63. The standard InChI is InChI=1S/C19H16N2O3S.Na/c20-15-9-5-13(6-10-15)19(14-7-11-16(21)12-8-14)17-3-1-2-4-18(17)25(22,23)24;/h1-12,20H,21H2,(H,22,23,24);/q;+1. The molecule has 0 heterocycles. The number of hydrogen-bond acceptors (Lipinski definition) is 4. The van der Waals surface area contributed by atoms with Crippen LogP contribution in [0.15, 0.2) is 83.3 Å². The monoisotopic (exact) mass is 375 g/mol. The maximum Gasteiger partial charge on any atom is 1.00 e. The van der Waals surface area contributed by atoms with Crippen LogP contribution >= 0.6 is 0 Å². The van der Waals surface area contributed by atoms with Crippen LogP contribution in [0.3, 0.4) is 0 Å². The molecule has 0 saturated heterocycles. The fourth-order valence-electron chi connectivity index (χ4n) is 2.67. The number of nitrogens with two attached hydrogens (primary N) is 2. The summed E-state index contributed by atoms with van der Waals surface area (Å²) >= 11 is 0. The van der Waals surface area contributed by atoms with Crippen molar-refractivity contribution in [1.29, 1.82) is 0 Å². The van der Waals surface area contributed by atoms with Crippen LogP contribution in [0, 0.1) is 0 Å². The van der Waals surface area contributed by atoms with Crippen molar-refractivity contribution >= 4 is 27.1 Å². The largest absolute Gasteiger partial charge is 1.00 e. The minimum atomic E-state index is -4.63. The molecule has 5 nitrogen and oxygen atoms in total. The number of benzene rings is 2. The second-order valence-electron chi connectivity index (χ2n) is 5.57. The van der Waals surface area contributed by atoms with Gasteiger partial charge >= 0.3 is 29.6 Å². The normalized spacial score (nSPS) is 13.4. The molecule has 4 N–H and O–H groups in total. The molecule has 0 aromatic heterocycles. The van der Waals surface area contributed by atoms with Crippen LogP contribution < -0.4 is 40.7 Å². The number of allylic oxidation sites excluding steroid dienone is 5. The van der Waals surface area contributed by atoms with Gasteiger partial charge in [0, 0.05) is 23.4 Å². The second-order valence-corrected chi connectivity index (χ2v) is 6.92. The van der Waals surface area contributed by atoms with Crippen molar-refractivity contribution in [3.8, 4) is 0 Å². The van der Waals surface area contributed by atoms with Gasteiger partial charge in [-0.2, -0.15) is 0 Å². The van der Waals surface area contributed by atoms with Gasteiger partial charge in [-0.3, -0.25) is 5.41 Å². The van der Waals surface area contributed by atoms with Gasteiger partial charge in [0.25, 0.3) is 0 Å². The van der Waals surface area contributed by atoms with E-state index in [4.69, 9.17) is 11.1 Å². The van der Waals surface area contributed by atoms with Crippen molar-refractivity contribution in [2.24, 2.45) is 0 Å². The molecule has 0 radical (unpaired) electrons. The number of anilines is 1. The fraction of sp³-hybridized carbons (Fsp3) is 0. The smallest absolute Gasteiger partial charge is 0.744 e. The first-order chi connectivity index (χ1) is 11.9. The molecule has 2 aromatic carbocycles. The van der Waals surface area contributed by atoms with E-state index in [1.165, 1.54) is 12.1 Å². The summed E-state index contributed by atoms with van der Waals surface area (Å²) in [5, 5.41) is 5.75. The zero-order valence-electron chi connectivity index (χ0n) is 14.2. The molecular weight excluding hydrogens is 359 g/mol. The summed E-state index contributed by atoms with van der Waals surface area (Å²) < 4.78 is 35.2. The predicted octanol–water partition coefficient (Wildman–Crippen LogP) is -1.70. The van der Waals surface area contributed by atoms with Gasteiger partial charge in [-0.05, 0) is 47.1 Å². The van der Waals surface area contributed by atoms with Crippen LogP contribution in [0.25, 0.3) is 5.57 Å². The van der Waals surface area contributed by atoms with Crippen molar-refractivity contribution in [3.05, 3.63) is 89.5 Å². The van der Waals surface area contributed by atoms with Crippen LogP contribution in [0.1, 0.15) is 11.1 Å². The van der Waals surface area contributed by atoms with Crippen LogP contribution in [0.5, 0.6) is 0 Å². The Balaban J connectivity index is 0.00000243. The van der Waals surface area contributed by atoms with Gasteiger partial charge in [0.1, 0.15) is 10.1 Å².